The van der Waals surface area contributed by atoms with E-state index in [-0.39, 0.29) is 11.9 Å². The van der Waals surface area contributed by atoms with Gasteiger partial charge in [0.15, 0.2) is 0 Å². The summed E-state index contributed by atoms with van der Waals surface area (Å²) >= 11 is 0. The minimum absolute atomic E-state index is 0.142. The van der Waals surface area contributed by atoms with E-state index in [1.165, 1.54) is 25.7 Å². The highest BCUT2D eigenvalue weighted by Crippen LogP contribution is 2.33. The maximum atomic E-state index is 11.9. The van der Waals surface area contributed by atoms with Gasteiger partial charge in [-0.1, -0.05) is 19.8 Å². The van der Waals surface area contributed by atoms with Crippen molar-refractivity contribution in [3.8, 4) is 0 Å². The monoisotopic (exact) mass is 288 g/mol. The summed E-state index contributed by atoms with van der Waals surface area (Å²) in [6.07, 6.45) is 8.49. The SMILES string of the molecule is CCCN1CC(Nc2nccc(C3CCCC3)n2)CC1=O. The van der Waals surface area contributed by atoms with E-state index < -0.39 is 0 Å². The van der Waals surface area contributed by atoms with Crippen LogP contribution in [0.25, 0.3) is 0 Å². The van der Waals surface area contributed by atoms with Gasteiger partial charge in [0.05, 0.1) is 6.04 Å². The topological polar surface area (TPSA) is 58.1 Å². The Morgan fingerprint density at radius 2 is 2.19 bits per heavy atom. The number of amides is 1. The summed E-state index contributed by atoms with van der Waals surface area (Å²) in [7, 11) is 0. The second-order valence-corrected chi connectivity index (χ2v) is 6.17. The van der Waals surface area contributed by atoms with Gasteiger partial charge in [-0.25, -0.2) is 9.97 Å². The maximum Gasteiger partial charge on any atom is 0.224 e. The van der Waals surface area contributed by atoms with Gasteiger partial charge in [0.2, 0.25) is 11.9 Å². The molecule has 5 heteroatoms. The molecule has 1 saturated heterocycles. The number of nitrogens with one attached hydrogen (secondary N) is 1. The van der Waals surface area contributed by atoms with Gasteiger partial charge in [0.25, 0.3) is 0 Å². The van der Waals surface area contributed by atoms with E-state index >= 15 is 0 Å². The Balaban J connectivity index is 1.63. The zero-order valence-corrected chi connectivity index (χ0v) is 12.7. The molecule has 5 nitrogen and oxygen atoms in total. The first-order chi connectivity index (χ1) is 10.3. The largest absolute Gasteiger partial charge is 0.349 e. The van der Waals surface area contributed by atoms with Crippen LogP contribution in [0.4, 0.5) is 5.95 Å². The average Bonchev–Trinajstić information content (AvgIpc) is 3.11. The molecule has 1 atom stereocenters. The van der Waals surface area contributed by atoms with Gasteiger partial charge in [-0.15, -0.1) is 0 Å². The molecule has 21 heavy (non-hydrogen) atoms. The lowest BCUT2D eigenvalue weighted by Crippen LogP contribution is -2.29. The molecule has 114 valence electrons. The molecule has 1 aromatic rings. The van der Waals surface area contributed by atoms with E-state index in [9.17, 15) is 4.79 Å². The van der Waals surface area contributed by atoms with E-state index in [4.69, 9.17) is 0 Å². The molecule has 3 rings (SSSR count). The standard InChI is InChI=1S/C16H24N4O/c1-2-9-20-11-13(10-15(20)21)18-16-17-8-7-14(19-16)12-5-3-4-6-12/h7-8,12-13H,2-6,9-11H2,1H3,(H,17,18,19). The Morgan fingerprint density at radius 3 is 2.95 bits per heavy atom. The molecule has 1 N–H and O–H groups in total. The Bertz CT molecular complexity index is 499. The molecular weight excluding hydrogens is 264 g/mol. The summed E-state index contributed by atoms with van der Waals surface area (Å²) < 4.78 is 0. The third-order valence-corrected chi connectivity index (χ3v) is 4.49. The van der Waals surface area contributed by atoms with Gasteiger partial charge in [-0.05, 0) is 25.3 Å². The summed E-state index contributed by atoms with van der Waals surface area (Å²) in [4.78, 5) is 22.8. The highest BCUT2D eigenvalue weighted by Gasteiger charge is 2.29. The van der Waals surface area contributed by atoms with Crippen molar-refractivity contribution in [1.29, 1.82) is 0 Å². The Labute approximate surface area is 126 Å². The summed E-state index contributed by atoms with van der Waals surface area (Å²) in [5.74, 6) is 1.51. The Morgan fingerprint density at radius 1 is 1.38 bits per heavy atom. The van der Waals surface area contributed by atoms with Gasteiger partial charge >= 0.3 is 0 Å². The van der Waals surface area contributed by atoms with Crippen LogP contribution in [-0.2, 0) is 4.79 Å². The number of nitrogens with zero attached hydrogens (tertiary/aromatic N) is 3. The van der Waals surface area contributed by atoms with Crippen molar-refractivity contribution >= 4 is 11.9 Å². The first kappa shape index (κ1) is 14.3. The number of likely N-dealkylation sites (tertiary alicyclic amines) is 1. The van der Waals surface area contributed by atoms with E-state index in [1.54, 1.807) is 0 Å². The predicted octanol–water partition coefficient (Wildman–Crippen LogP) is 2.56. The van der Waals surface area contributed by atoms with Crippen LogP contribution in [0, 0.1) is 0 Å². The van der Waals surface area contributed by atoms with Gasteiger partial charge in [0, 0.05) is 37.3 Å². The fourth-order valence-electron chi connectivity index (χ4n) is 3.43. The van der Waals surface area contributed by atoms with Crippen molar-refractivity contribution in [2.24, 2.45) is 0 Å². The average molecular weight is 288 g/mol. The predicted molar refractivity (Wildman–Crippen MR) is 82.1 cm³/mol. The molecule has 2 fully saturated rings. The normalized spacial score (nSPS) is 23.0. The molecule has 2 aliphatic rings. The summed E-state index contributed by atoms with van der Waals surface area (Å²) in [5, 5.41) is 3.34. The highest BCUT2D eigenvalue weighted by molar-refractivity contribution is 5.79. The summed E-state index contributed by atoms with van der Waals surface area (Å²) in [6, 6.07) is 2.17. The first-order valence-corrected chi connectivity index (χ1v) is 8.13. The van der Waals surface area contributed by atoms with Gasteiger partial charge in [-0.2, -0.15) is 0 Å². The third kappa shape index (κ3) is 3.34. The minimum Gasteiger partial charge on any atom is -0.349 e. The number of hydrogen-bond donors (Lipinski definition) is 1. The van der Waals surface area contributed by atoms with Gasteiger partial charge < -0.3 is 10.2 Å². The van der Waals surface area contributed by atoms with Gasteiger partial charge in [-0.3, -0.25) is 4.79 Å². The smallest absolute Gasteiger partial charge is 0.224 e. The van der Waals surface area contributed by atoms with Crippen molar-refractivity contribution < 1.29 is 4.79 Å². The number of hydrogen-bond acceptors (Lipinski definition) is 4. The number of carbonyl (C=O) groups excluding carboxylic acids is 1. The maximum absolute atomic E-state index is 11.9. The van der Waals surface area contributed by atoms with Crippen molar-refractivity contribution in [2.45, 2.75) is 57.4 Å². The van der Waals surface area contributed by atoms with E-state index in [0.717, 1.165) is 25.2 Å². The summed E-state index contributed by atoms with van der Waals surface area (Å²) in [5.41, 5.74) is 1.15. The van der Waals surface area contributed by atoms with Crippen molar-refractivity contribution in [3.63, 3.8) is 0 Å². The molecule has 1 aliphatic heterocycles. The lowest BCUT2D eigenvalue weighted by molar-refractivity contribution is -0.127. The van der Waals surface area contributed by atoms with Gasteiger partial charge in [0.1, 0.15) is 0 Å². The minimum atomic E-state index is 0.142. The zero-order chi connectivity index (χ0) is 14.7. The molecule has 2 heterocycles. The Hall–Kier alpha value is -1.65. The van der Waals surface area contributed by atoms with Crippen LogP contribution < -0.4 is 5.32 Å². The van der Waals surface area contributed by atoms with Crippen LogP contribution in [0.1, 0.15) is 57.1 Å². The third-order valence-electron chi connectivity index (χ3n) is 4.49. The van der Waals surface area contributed by atoms with Crippen LogP contribution >= 0.6 is 0 Å². The van der Waals surface area contributed by atoms with Crippen LogP contribution in [-0.4, -0.2) is 39.9 Å². The molecule has 1 amide bonds. The number of rotatable bonds is 5. The Kier molecular flexibility index (Phi) is 4.36. The van der Waals surface area contributed by atoms with Crippen LogP contribution in [0.15, 0.2) is 12.3 Å². The van der Waals surface area contributed by atoms with E-state index in [1.807, 2.05) is 17.2 Å². The highest BCUT2D eigenvalue weighted by atomic mass is 16.2. The molecular formula is C16H24N4O. The number of anilines is 1. The molecule has 1 unspecified atom stereocenters. The van der Waals surface area contributed by atoms with Crippen LogP contribution in [0.5, 0.6) is 0 Å². The molecule has 0 spiro atoms. The van der Waals surface area contributed by atoms with Crippen LogP contribution in [0.3, 0.4) is 0 Å². The molecule has 0 radical (unpaired) electrons. The lowest BCUT2D eigenvalue weighted by Gasteiger charge is -2.16. The molecule has 1 saturated carbocycles. The van der Waals surface area contributed by atoms with Crippen molar-refractivity contribution in [2.75, 3.05) is 18.4 Å². The van der Waals surface area contributed by atoms with E-state index in [2.05, 4.69) is 22.2 Å². The second kappa shape index (κ2) is 6.41. The first-order valence-electron chi connectivity index (χ1n) is 8.13. The molecule has 1 aliphatic carbocycles. The van der Waals surface area contributed by atoms with Crippen molar-refractivity contribution in [3.05, 3.63) is 18.0 Å². The quantitative estimate of drug-likeness (QED) is 0.904. The molecule has 0 bridgehead atoms. The zero-order valence-electron chi connectivity index (χ0n) is 12.7. The second-order valence-electron chi connectivity index (χ2n) is 6.17. The van der Waals surface area contributed by atoms with Crippen molar-refractivity contribution in [1.82, 2.24) is 14.9 Å². The van der Waals surface area contributed by atoms with E-state index in [0.29, 0.717) is 18.3 Å². The number of aromatic nitrogens is 2. The lowest BCUT2D eigenvalue weighted by atomic mass is 10.0. The fourth-order valence-corrected chi connectivity index (χ4v) is 3.43. The van der Waals surface area contributed by atoms with Crippen LogP contribution in [0.2, 0.25) is 0 Å². The number of carbonyl (C=O) groups is 1. The fraction of sp³-hybridized carbons (Fsp3) is 0.688. The summed E-state index contributed by atoms with van der Waals surface area (Å²) in [6.45, 7) is 3.71. The molecule has 1 aromatic heterocycles. The molecule has 0 aromatic carbocycles.